The number of hydrogen-bond acceptors (Lipinski definition) is 3. The van der Waals surface area contributed by atoms with Crippen LogP contribution in [0.15, 0.2) is 0 Å². The van der Waals surface area contributed by atoms with Crippen molar-refractivity contribution in [3.63, 3.8) is 0 Å². The molecule has 0 bridgehead atoms. The molecule has 2 aliphatic rings. The Morgan fingerprint density at radius 1 is 1.32 bits per heavy atom. The maximum atomic E-state index is 11.9. The van der Waals surface area contributed by atoms with Crippen LogP contribution < -0.4 is 10.6 Å². The highest BCUT2D eigenvalue weighted by Gasteiger charge is 2.18. The zero-order valence-electron chi connectivity index (χ0n) is 12.3. The van der Waals surface area contributed by atoms with Crippen molar-refractivity contribution in [3.8, 4) is 0 Å². The van der Waals surface area contributed by atoms with Gasteiger partial charge in [0, 0.05) is 19.5 Å². The molecule has 2 fully saturated rings. The Balaban J connectivity index is 1.55. The quantitative estimate of drug-likeness (QED) is 0.787. The lowest BCUT2D eigenvalue weighted by molar-refractivity contribution is -0.122. The Hall–Kier alpha value is -0.610. The second-order valence-electron chi connectivity index (χ2n) is 6.33. The van der Waals surface area contributed by atoms with E-state index in [0.29, 0.717) is 12.3 Å². The number of nitrogens with zero attached hydrogens (tertiary/aromatic N) is 1. The van der Waals surface area contributed by atoms with Crippen molar-refractivity contribution in [2.24, 2.45) is 11.8 Å². The number of likely N-dealkylation sites (tertiary alicyclic amines) is 1. The van der Waals surface area contributed by atoms with E-state index in [1.807, 2.05) is 0 Å². The minimum absolute atomic E-state index is 0.248. The van der Waals surface area contributed by atoms with Gasteiger partial charge in [-0.3, -0.25) is 4.79 Å². The Morgan fingerprint density at radius 3 is 2.89 bits per heavy atom. The molecule has 2 atom stereocenters. The summed E-state index contributed by atoms with van der Waals surface area (Å²) in [7, 11) is 2.20. The van der Waals surface area contributed by atoms with E-state index in [9.17, 15) is 4.79 Å². The normalized spacial score (nSPS) is 29.1. The van der Waals surface area contributed by atoms with Gasteiger partial charge in [0.2, 0.25) is 5.91 Å². The van der Waals surface area contributed by atoms with Gasteiger partial charge < -0.3 is 15.5 Å². The number of carbonyl (C=O) groups excluding carboxylic acids is 1. The molecule has 0 aromatic rings. The summed E-state index contributed by atoms with van der Waals surface area (Å²) in [6.07, 6.45) is 6.90. The smallest absolute Gasteiger partial charge is 0.220 e. The number of hydrogen-bond donors (Lipinski definition) is 2. The Kier molecular flexibility index (Phi) is 6.11. The molecular weight excluding hydrogens is 238 g/mol. The standard InChI is InChI=1S/C15H29N3O/c1-18-9-3-5-13(12-18)6-8-17-15(19)10-14-4-2-7-16-11-14/h13-14,16H,2-12H2,1H3,(H,17,19). The monoisotopic (exact) mass is 267 g/mol. The predicted molar refractivity (Wildman–Crippen MR) is 78.1 cm³/mol. The first kappa shape index (κ1) is 14.8. The third-order valence-electron chi connectivity index (χ3n) is 4.47. The maximum absolute atomic E-state index is 11.9. The van der Waals surface area contributed by atoms with E-state index in [2.05, 4.69) is 22.6 Å². The third-order valence-corrected chi connectivity index (χ3v) is 4.47. The highest BCUT2D eigenvalue weighted by molar-refractivity contribution is 5.76. The molecule has 2 aliphatic heterocycles. The molecule has 2 N–H and O–H groups in total. The third kappa shape index (κ3) is 5.49. The van der Waals surface area contributed by atoms with Crippen LogP contribution in [0.2, 0.25) is 0 Å². The van der Waals surface area contributed by atoms with Gasteiger partial charge in [0.15, 0.2) is 0 Å². The first-order chi connectivity index (χ1) is 9.24. The Labute approximate surface area is 117 Å². The minimum Gasteiger partial charge on any atom is -0.356 e. The highest BCUT2D eigenvalue weighted by atomic mass is 16.1. The molecule has 4 nitrogen and oxygen atoms in total. The van der Waals surface area contributed by atoms with Gasteiger partial charge in [-0.25, -0.2) is 0 Å². The van der Waals surface area contributed by atoms with Gasteiger partial charge in [0.1, 0.15) is 0 Å². The van der Waals surface area contributed by atoms with Crippen molar-refractivity contribution in [1.29, 1.82) is 0 Å². The van der Waals surface area contributed by atoms with Crippen LogP contribution in [-0.2, 0) is 4.79 Å². The van der Waals surface area contributed by atoms with Gasteiger partial charge in [0.05, 0.1) is 0 Å². The van der Waals surface area contributed by atoms with Crippen LogP contribution in [0.1, 0.15) is 38.5 Å². The molecule has 0 saturated carbocycles. The fourth-order valence-corrected chi connectivity index (χ4v) is 3.36. The molecule has 0 radical (unpaired) electrons. The van der Waals surface area contributed by atoms with E-state index in [4.69, 9.17) is 0 Å². The molecule has 2 saturated heterocycles. The van der Waals surface area contributed by atoms with Crippen molar-refractivity contribution in [1.82, 2.24) is 15.5 Å². The molecule has 1 amide bonds. The second kappa shape index (κ2) is 7.85. The summed E-state index contributed by atoms with van der Waals surface area (Å²) in [6.45, 7) is 5.42. The van der Waals surface area contributed by atoms with Crippen molar-refractivity contribution in [3.05, 3.63) is 0 Å². The largest absolute Gasteiger partial charge is 0.356 e. The predicted octanol–water partition coefficient (Wildman–Crippen LogP) is 1.22. The SMILES string of the molecule is CN1CCCC(CCNC(=O)CC2CCCNC2)C1. The lowest BCUT2D eigenvalue weighted by Gasteiger charge is -2.29. The van der Waals surface area contributed by atoms with E-state index in [0.717, 1.165) is 32.0 Å². The fraction of sp³-hybridized carbons (Fsp3) is 0.933. The average Bonchev–Trinajstić information content (AvgIpc) is 2.40. The van der Waals surface area contributed by atoms with Crippen LogP contribution in [0.4, 0.5) is 0 Å². The zero-order valence-corrected chi connectivity index (χ0v) is 12.3. The summed E-state index contributed by atoms with van der Waals surface area (Å²) in [5.41, 5.74) is 0. The summed E-state index contributed by atoms with van der Waals surface area (Å²) in [5, 5.41) is 6.47. The molecule has 2 unspecified atom stereocenters. The summed E-state index contributed by atoms with van der Waals surface area (Å²) in [5.74, 6) is 1.57. The number of amides is 1. The van der Waals surface area contributed by atoms with Gasteiger partial charge in [-0.05, 0) is 70.6 Å². The van der Waals surface area contributed by atoms with E-state index in [1.165, 1.54) is 38.8 Å². The van der Waals surface area contributed by atoms with E-state index in [1.54, 1.807) is 0 Å². The molecule has 0 aromatic carbocycles. The van der Waals surface area contributed by atoms with Gasteiger partial charge in [-0.2, -0.15) is 0 Å². The van der Waals surface area contributed by atoms with Crippen molar-refractivity contribution in [2.75, 3.05) is 39.8 Å². The maximum Gasteiger partial charge on any atom is 0.220 e. The number of piperidine rings is 2. The van der Waals surface area contributed by atoms with Crippen LogP contribution in [0, 0.1) is 11.8 Å². The van der Waals surface area contributed by atoms with E-state index >= 15 is 0 Å². The Bertz CT molecular complexity index is 277. The van der Waals surface area contributed by atoms with Crippen LogP contribution in [0.25, 0.3) is 0 Å². The Morgan fingerprint density at radius 2 is 2.16 bits per heavy atom. The molecule has 0 spiro atoms. The van der Waals surface area contributed by atoms with Gasteiger partial charge >= 0.3 is 0 Å². The minimum atomic E-state index is 0.248. The zero-order chi connectivity index (χ0) is 13.5. The number of carbonyl (C=O) groups is 1. The van der Waals surface area contributed by atoms with E-state index in [-0.39, 0.29) is 5.91 Å². The molecule has 19 heavy (non-hydrogen) atoms. The molecule has 110 valence electrons. The molecule has 2 heterocycles. The summed E-state index contributed by atoms with van der Waals surface area (Å²) in [6, 6.07) is 0. The van der Waals surface area contributed by atoms with Crippen LogP contribution in [0.3, 0.4) is 0 Å². The molecule has 4 heteroatoms. The van der Waals surface area contributed by atoms with Crippen LogP contribution in [0.5, 0.6) is 0 Å². The summed E-state index contributed by atoms with van der Waals surface area (Å²) >= 11 is 0. The molecule has 2 rings (SSSR count). The summed E-state index contributed by atoms with van der Waals surface area (Å²) in [4.78, 5) is 14.3. The molecule has 0 aromatic heterocycles. The first-order valence-electron chi connectivity index (χ1n) is 7.90. The fourth-order valence-electron chi connectivity index (χ4n) is 3.36. The van der Waals surface area contributed by atoms with Crippen molar-refractivity contribution < 1.29 is 4.79 Å². The van der Waals surface area contributed by atoms with Gasteiger partial charge in [-0.15, -0.1) is 0 Å². The topological polar surface area (TPSA) is 44.4 Å². The highest BCUT2D eigenvalue weighted by Crippen LogP contribution is 2.18. The molecular formula is C15H29N3O. The van der Waals surface area contributed by atoms with E-state index < -0.39 is 0 Å². The van der Waals surface area contributed by atoms with Crippen LogP contribution in [-0.4, -0.2) is 50.6 Å². The lowest BCUT2D eigenvalue weighted by Crippen LogP contribution is -2.36. The average molecular weight is 267 g/mol. The molecule has 0 aliphatic carbocycles. The van der Waals surface area contributed by atoms with Gasteiger partial charge in [0.25, 0.3) is 0 Å². The number of rotatable bonds is 5. The van der Waals surface area contributed by atoms with Crippen LogP contribution >= 0.6 is 0 Å². The van der Waals surface area contributed by atoms with Crippen molar-refractivity contribution in [2.45, 2.75) is 38.5 Å². The summed E-state index contributed by atoms with van der Waals surface area (Å²) < 4.78 is 0. The lowest BCUT2D eigenvalue weighted by atomic mass is 9.94. The first-order valence-corrected chi connectivity index (χ1v) is 7.90. The number of nitrogens with one attached hydrogen (secondary N) is 2. The van der Waals surface area contributed by atoms with Crippen molar-refractivity contribution >= 4 is 5.91 Å². The second-order valence-corrected chi connectivity index (χ2v) is 6.33. The van der Waals surface area contributed by atoms with Gasteiger partial charge in [-0.1, -0.05) is 0 Å².